The van der Waals surface area contributed by atoms with E-state index in [-0.39, 0.29) is 11.1 Å². The van der Waals surface area contributed by atoms with Crippen LogP contribution in [0.5, 0.6) is 0 Å². The Labute approximate surface area is 123 Å². The highest BCUT2D eigenvalue weighted by atomic mass is 127. The van der Waals surface area contributed by atoms with Gasteiger partial charge in [0.05, 0.1) is 5.56 Å². The molecule has 6 heteroatoms. The van der Waals surface area contributed by atoms with Crippen LogP contribution in [0.4, 0.5) is 5.82 Å². The number of pyridine rings is 2. The Balaban J connectivity index is 2.24. The lowest BCUT2D eigenvalue weighted by atomic mass is 10.2. The summed E-state index contributed by atoms with van der Waals surface area (Å²) in [6, 6.07) is 5.22. The molecular formula is C12H9ClIN3O. The van der Waals surface area contributed by atoms with Gasteiger partial charge in [-0.25, -0.2) is 9.97 Å². The lowest BCUT2D eigenvalue weighted by Gasteiger charge is -2.08. The average Bonchev–Trinajstić information content (AvgIpc) is 2.33. The molecule has 92 valence electrons. The third kappa shape index (κ3) is 2.97. The standard InChI is InChI=1S/C12H9ClIN3O/c1-7-5-8(14)6-16-11(7)17-12(18)9-3-2-4-15-10(9)13/h2-6H,1H3,(H,16,17,18). The molecule has 0 bridgehead atoms. The van der Waals surface area contributed by atoms with E-state index in [4.69, 9.17) is 11.6 Å². The van der Waals surface area contributed by atoms with Gasteiger partial charge in [-0.05, 0) is 53.3 Å². The van der Waals surface area contributed by atoms with Crippen molar-refractivity contribution in [3.63, 3.8) is 0 Å². The minimum Gasteiger partial charge on any atom is -0.306 e. The van der Waals surface area contributed by atoms with Crippen LogP contribution in [0.1, 0.15) is 15.9 Å². The average molecular weight is 374 g/mol. The molecule has 0 atom stereocenters. The van der Waals surface area contributed by atoms with E-state index in [0.29, 0.717) is 11.4 Å². The first-order chi connectivity index (χ1) is 8.58. The van der Waals surface area contributed by atoms with Crippen molar-refractivity contribution in [3.8, 4) is 0 Å². The Morgan fingerprint density at radius 2 is 2.22 bits per heavy atom. The van der Waals surface area contributed by atoms with Gasteiger partial charge in [0.1, 0.15) is 11.0 Å². The van der Waals surface area contributed by atoms with Gasteiger partial charge in [-0.2, -0.15) is 0 Å². The second kappa shape index (κ2) is 5.62. The van der Waals surface area contributed by atoms with E-state index in [2.05, 4.69) is 37.9 Å². The second-order valence-corrected chi connectivity index (χ2v) is 5.22. The molecule has 1 N–H and O–H groups in total. The van der Waals surface area contributed by atoms with Crippen LogP contribution in [-0.4, -0.2) is 15.9 Å². The minimum absolute atomic E-state index is 0.179. The summed E-state index contributed by atoms with van der Waals surface area (Å²) in [6.07, 6.45) is 3.22. The number of hydrogen-bond donors (Lipinski definition) is 1. The van der Waals surface area contributed by atoms with Gasteiger partial charge >= 0.3 is 0 Å². The van der Waals surface area contributed by atoms with Gasteiger partial charge in [0.2, 0.25) is 0 Å². The first-order valence-corrected chi connectivity index (χ1v) is 6.57. The van der Waals surface area contributed by atoms with Crippen LogP contribution in [0.3, 0.4) is 0 Å². The highest BCUT2D eigenvalue weighted by molar-refractivity contribution is 14.1. The van der Waals surface area contributed by atoms with Crippen molar-refractivity contribution in [3.05, 3.63) is 50.4 Å². The number of anilines is 1. The quantitative estimate of drug-likeness (QED) is 0.649. The van der Waals surface area contributed by atoms with Crippen molar-refractivity contribution in [2.24, 2.45) is 0 Å². The first-order valence-electron chi connectivity index (χ1n) is 5.12. The minimum atomic E-state index is -0.315. The maximum Gasteiger partial charge on any atom is 0.259 e. The highest BCUT2D eigenvalue weighted by Gasteiger charge is 2.12. The number of hydrogen-bond acceptors (Lipinski definition) is 3. The number of nitrogens with zero attached hydrogens (tertiary/aromatic N) is 2. The predicted octanol–water partition coefficient (Wildman–Crippen LogP) is 3.30. The largest absolute Gasteiger partial charge is 0.306 e. The normalized spacial score (nSPS) is 10.2. The summed E-state index contributed by atoms with van der Waals surface area (Å²) < 4.78 is 1.02. The third-order valence-corrected chi connectivity index (χ3v) is 3.17. The molecule has 0 aliphatic rings. The summed E-state index contributed by atoms with van der Waals surface area (Å²) in [4.78, 5) is 20.0. The van der Waals surface area contributed by atoms with Crippen molar-refractivity contribution < 1.29 is 4.79 Å². The lowest BCUT2D eigenvalue weighted by Crippen LogP contribution is -2.14. The summed E-state index contributed by atoms with van der Waals surface area (Å²) in [5.41, 5.74) is 1.23. The Morgan fingerprint density at radius 3 is 2.89 bits per heavy atom. The fourth-order valence-corrected chi connectivity index (χ4v) is 2.21. The van der Waals surface area contributed by atoms with Gasteiger partial charge in [-0.15, -0.1) is 0 Å². The summed E-state index contributed by atoms with van der Waals surface area (Å²) in [7, 11) is 0. The number of halogens is 2. The van der Waals surface area contributed by atoms with Gasteiger partial charge in [0.15, 0.2) is 0 Å². The number of aromatic nitrogens is 2. The highest BCUT2D eigenvalue weighted by Crippen LogP contribution is 2.17. The number of carbonyl (C=O) groups excluding carboxylic acids is 1. The van der Waals surface area contributed by atoms with E-state index in [1.807, 2.05) is 13.0 Å². The van der Waals surface area contributed by atoms with Crippen molar-refractivity contribution >= 4 is 45.9 Å². The van der Waals surface area contributed by atoms with Crippen LogP contribution in [0.25, 0.3) is 0 Å². The van der Waals surface area contributed by atoms with Crippen molar-refractivity contribution in [2.75, 3.05) is 5.32 Å². The van der Waals surface area contributed by atoms with Gasteiger partial charge in [0, 0.05) is 16.0 Å². The van der Waals surface area contributed by atoms with E-state index < -0.39 is 0 Å². The van der Waals surface area contributed by atoms with E-state index in [0.717, 1.165) is 9.13 Å². The van der Waals surface area contributed by atoms with Crippen LogP contribution >= 0.6 is 34.2 Å². The molecule has 0 saturated heterocycles. The molecule has 0 spiro atoms. The SMILES string of the molecule is Cc1cc(I)cnc1NC(=O)c1cccnc1Cl. The zero-order valence-corrected chi connectivity index (χ0v) is 12.4. The maximum absolute atomic E-state index is 12.0. The molecule has 0 aromatic carbocycles. The zero-order valence-electron chi connectivity index (χ0n) is 9.45. The maximum atomic E-state index is 12.0. The van der Waals surface area contributed by atoms with Crippen molar-refractivity contribution in [1.82, 2.24) is 9.97 Å². The van der Waals surface area contributed by atoms with Gasteiger partial charge in [0.25, 0.3) is 5.91 Å². The van der Waals surface area contributed by atoms with Crippen LogP contribution in [0.2, 0.25) is 5.15 Å². The van der Waals surface area contributed by atoms with Crippen LogP contribution in [-0.2, 0) is 0 Å². The molecular weight excluding hydrogens is 365 g/mol. The zero-order chi connectivity index (χ0) is 13.1. The number of aryl methyl sites for hydroxylation is 1. The van der Waals surface area contributed by atoms with E-state index in [9.17, 15) is 4.79 Å². The molecule has 2 heterocycles. The summed E-state index contributed by atoms with van der Waals surface area (Å²) in [5, 5.41) is 2.90. The van der Waals surface area contributed by atoms with Crippen molar-refractivity contribution in [1.29, 1.82) is 0 Å². The van der Waals surface area contributed by atoms with Crippen molar-refractivity contribution in [2.45, 2.75) is 6.92 Å². The first kappa shape index (κ1) is 13.2. The van der Waals surface area contributed by atoms with Crippen LogP contribution < -0.4 is 5.32 Å². The topological polar surface area (TPSA) is 54.9 Å². The number of amides is 1. The van der Waals surface area contributed by atoms with Gasteiger partial charge in [-0.3, -0.25) is 4.79 Å². The molecule has 0 unspecified atom stereocenters. The molecule has 0 fully saturated rings. The second-order valence-electron chi connectivity index (χ2n) is 3.61. The van der Waals surface area contributed by atoms with Gasteiger partial charge in [-0.1, -0.05) is 11.6 Å². The van der Waals surface area contributed by atoms with Crippen LogP contribution in [0.15, 0.2) is 30.6 Å². The fraction of sp³-hybridized carbons (Fsp3) is 0.0833. The Bertz CT molecular complexity index is 604. The number of nitrogens with one attached hydrogen (secondary N) is 1. The molecule has 4 nitrogen and oxygen atoms in total. The molecule has 18 heavy (non-hydrogen) atoms. The molecule has 0 aliphatic heterocycles. The number of rotatable bonds is 2. The Kier molecular flexibility index (Phi) is 4.13. The summed E-state index contributed by atoms with van der Waals surface area (Å²) >= 11 is 8.02. The van der Waals surface area contributed by atoms with Gasteiger partial charge < -0.3 is 5.32 Å². The summed E-state index contributed by atoms with van der Waals surface area (Å²) in [5.74, 6) is 0.213. The molecule has 0 radical (unpaired) electrons. The lowest BCUT2D eigenvalue weighted by molar-refractivity contribution is 0.102. The molecule has 2 aromatic heterocycles. The van der Waals surface area contributed by atoms with E-state index in [1.54, 1.807) is 18.3 Å². The molecule has 0 aliphatic carbocycles. The third-order valence-electron chi connectivity index (χ3n) is 2.28. The van der Waals surface area contributed by atoms with E-state index >= 15 is 0 Å². The summed E-state index contributed by atoms with van der Waals surface area (Å²) in [6.45, 7) is 1.88. The molecule has 0 saturated carbocycles. The Morgan fingerprint density at radius 1 is 1.44 bits per heavy atom. The Hall–Kier alpha value is -1.21. The number of carbonyl (C=O) groups is 1. The molecule has 2 rings (SSSR count). The smallest absolute Gasteiger partial charge is 0.259 e. The molecule has 1 amide bonds. The predicted molar refractivity (Wildman–Crippen MR) is 78.9 cm³/mol. The fourth-order valence-electron chi connectivity index (χ4n) is 1.40. The molecule has 2 aromatic rings. The van der Waals surface area contributed by atoms with Crippen LogP contribution in [0, 0.1) is 10.5 Å². The monoisotopic (exact) mass is 373 g/mol. The van der Waals surface area contributed by atoms with E-state index in [1.165, 1.54) is 6.20 Å².